The normalized spacial score (nSPS) is 20.2. The summed E-state index contributed by atoms with van der Waals surface area (Å²) in [7, 11) is 0. The number of urea groups is 1. The molecule has 1 aromatic rings. The molecule has 0 atom stereocenters. The van der Waals surface area contributed by atoms with Crippen LogP contribution in [0.4, 0.5) is 10.5 Å². The first-order valence-corrected chi connectivity index (χ1v) is 8.52. The van der Waals surface area contributed by atoms with E-state index in [0.29, 0.717) is 25.0 Å². The summed E-state index contributed by atoms with van der Waals surface area (Å²) in [6.07, 6.45) is 1.80. The SMILES string of the molecule is CC(C)c1ccc(NC(=O)N2CCC(C3OCCO3)CC2)cc1. The van der Waals surface area contributed by atoms with Gasteiger partial charge in [-0.3, -0.25) is 0 Å². The number of benzene rings is 1. The van der Waals surface area contributed by atoms with E-state index >= 15 is 0 Å². The van der Waals surface area contributed by atoms with Gasteiger partial charge in [0.2, 0.25) is 0 Å². The van der Waals surface area contributed by atoms with Crippen LogP contribution in [0.15, 0.2) is 24.3 Å². The third-order valence-corrected chi connectivity index (χ3v) is 4.69. The largest absolute Gasteiger partial charge is 0.350 e. The standard InChI is InChI=1S/C18H26N2O3/c1-13(2)14-3-5-16(6-4-14)19-18(21)20-9-7-15(8-10-20)17-22-11-12-23-17/h3-6,13,15,17H,7-12H2,1-2H3,(H,19,21). The van der Waals surface area contributed by atoms with Gasteiger partial charge in [-0.05, 0) is 36.5 Å². The van der Waals surface area contributed by atoms with Gasteiger partial charge in [-0.25, -0.2) is 4.79 Å². The van der Waals surface area contributed by atoms with Crippen molar-refractivity contribution in [3.8, 4) is 0 Å². The van der Waals surface area contributed by atoms with Crippen LogP contribution >= 0.6 is 0 Å². The second-order valence-corrected chi connectivity index (χ2v) is 6.64. The Morgan fingerprint density at radius 2 is 1.74 bits per heavy atom. The molecule has 1 N–H and O–H groups in total. The summed E-state index contributed by atoms with van der Waals surface area (Å²) >= 11 is 0. The Labute approximate surface area is 137 Å². The third kappa shape index (κ3) is 4.03. The second-order valence-electron chi connectivity index (χ2n) is 6.64. The molecule has 23 heavy (non-hydrogen) atoms. The topological polar surface area (TPSA) is 50.8 Å². The van der Waals surface area contributed by atoms with E-state index in [4.69, 9.17) is 9.47 Å². The molecule has 2 heterocycles. The molecule has 2 aliphatic rings. The van der Waals surface area contributed by atoms with Gasteiger partial charge in [0.15, 0.2) is 6.29 Å². The molecule has 0 aromatic heterocycles. The van der Waals surface area contributed by atoms with Crippen molar-refractivity contribution in [1.29, 1.82) is 0 Å². The van der Waals surface area contributed by atoms with E-state index in [1.54, 1.807) is 0 Å². The fourth-order valence-corrected chi connectivity index (χ4v) is 3.18. The Kier molecular flexibility index (Phi) is 5.18. The Morgan fingerprint density at radius 3 is 2.30 bits per heavy atom. The van der Waals surface area contributed by atoms with Crippen LogP contribution in [0.25, 0.3) is 0 Å². The Bertz CT molecular complexity index is 516. The van der Waals surface area contributed by atoms with Crippen molar-refractivity contribution < 1.29 is 14.3 Å². The van der Waals surface area contributed by atoms with Crippen LogP contribution in [0.1, 0.15) is 38.2 Å². The number of nitrogens with zero attached hydrogens (tertiary/aromatic N) is 1. The molecule has 5 heteroatoms. The Morgan fingerprint density at radius 1 is 1.13 bits per heavy atom. The van der Waals surface area contributed by atoms with Gasteiger partial charge in [-0.2, -0.15) is 0 Å². The van der Waals surface area contributed by atoms with Gasteiger partial charge in [0.1, 0.15) is 0 Å². The molecule has 0 unspecified atom stereocenters. The zero-order valence-corrected chi connectivity index (χ0v) is 14.0. The minimum Gasteiger partial charge on any atom is -0.350 e. The average Bonchev–Trinajstić information content (AvgIpc) is 3.10. The highest BCUT2D eigenvalue weighted by atomic mass is 16.7. The molecule has 126 valence electrons. The molecule has 0 bridgehead atoms. The van der Waals surface area contributed by atoms with Crippen LogP contribution in [0, 0.1) is 5.92 Å². The summed E-state index contributed by atoms with van der Waals surface area (Å²) < 4.78 is 11.1. The van der Waals surface area contributed by atoms with Gasteiger partial charge in [0.25, 0.3) is 0 Å². The summed E-state index contributed by atoms with van der Waals surface area (Å²) in [5, 5.41) is 2.99. The first-order chi connectivity index (χ1) is 11.1. The van der Waals surface area contributed by atoms with Crippen LogP contribution in [-0.4, -0.2) is 43.5 Å². The van der Waals surface area contributed by atoms with Crippen LogP contribution in [0.2, 0.25) is 0 Å². The summed E-state index contributed by atoms with van der Waals surface area (Å²) in [5.41, 5.74) is 2.13. The predicted molar refractivity (Wildman–Crippen MR) is 89.5 cm³/mol. The highest BCUT2D eigenvalue weighted by Crippen LogP contribution is 2.26. The average molecular weight is 318 g/mol. The number of hydrogen-bond acceptors (Lipinski definition) is 3. The molecule has 2 amide bonds. The van der Waals surface area contributed by atoms with Crippen molar-refractivity contribution in [2.75, 3.05) is 31.6 Å². The fourth-order valence-electron chi connectivity index (χ4n) is 3.18. The first-order valence-electron chi connectivity index (χ1n) is 8.52. The molecule has 0 saturated carbocycles. The molecular formula is C18H26N2O3. The minimum absolute atomic E-state index is 0.0194. The molecule has 0 spiro atoms. The predicted octanol–water partition coefficient (Wildman–Crippen LogP) is 3.43. The fraction of sp³-hybridized carbons (Fsp3) is 0.611. The molecular weight excluding hydrogens is 292 g/mol. The number of piperidine rings is 1. The molecule has 2 saturated heterocycles. The van der Waals surface area contributed by atoms with E-state index in [-0.39, 0.29) is 12.3 Å². The van der Waals surface area contributed by atoms with E-state index in [0.717, 1.165) is 31.6 Å². The van der Waals surface area contributed by atoms with Gasteiger partial charge in [0, 0.05) is 24.7 Å². The Balaban J connectivity index is 1.49. The van der Waals surface area contributed by atoms with Gasteiger partial charge in [-0.1, -0.05) is 26.0 Å². The number of rotatable bonds is 3. The van der Waals surface area contributed by atoms with Crippen molar-refractivity contribution in [2.45, 2.75) is 38.9 Å². The smallest absolute Gasteiger partial charge is 0.321 e. The lowest BCUT2D eigenvalue weighted by molar-refractivity contribution is -0.0950. The monoisotopic (exact) mass is 318 g/mol. The summed E-state index contributed by atoms with van der Waals surface area (Å²) in [6, 6.07) is 8.07. The van der Waals surface area contributed by atoms with E-state index < -0.39 is 0 Å². The molecule has 0 radical (unpaired) electrons. The van der Waals surface area contributed by atoms with Gasteiger partial charge >= 0.3 is 6.03 Å². The van der Waals surface area contributed by atoms with Crippen molar-refractivity contribution in [1.82, 2.24) is 4.90 Å². The molecule has 2 aliphatic heterocycles. The number of carbonyl (C=O) groups excluding carboxylic acids is 1. The van der Waals surface area contributed by atoms with E-state index in [1.165, 1.54) is 5.56 Å². The third-order valence-electron chi connectivity index (χ3n) is 4.69. The van der Waals surface area contributed by atoms with E-state index in [1.807, 2.05) is 17.0 Å². The molecule has 2 fully saturated rings. The van der Waals surface area contributed by atoms with Crippen LogP contribution in [-0.2, 0) is 9.47 Å². The summed E-state index contributed by atoms with van der Waals surface area (Å²) in [4.78, 5) is 14.2. The highest BCUT2D eigenvalue weighted by Gasteiger charge is 2.31. The Hall–Kier alpha value is -1.59. The maximum atomic E-state index is 12.4. The number of carbonyl (C=O) groups is 1. The van der Waals surface area contributed by atoms with Crippen molar-refractivity contribution in [3.63, 3.8) is 0 Å². The second kappa shape index (κ2) is 7.32. The first kappa shape index (κ1) is 16.3. The number of ether oxygens (including phenoxy) is 2. The summed E-state index contributed by atoms with van der Waals surface area (Å²) in [5.74, 6) is 0.908. The quantitative estimate of drug-likeness (QED) is 0.929. The lowest BCUT2D eigenvalue weighted by Gasteiger charge is -2.33. The van der Waals surface area contributed by atoms with E-state index in [9.17, 15) is 4.79 Å². The minimum atomic E-state index is -0.0659. The lowest BCUT2D eigenvalue weighted by Crippen LogP contribution is -2.43. The molecule has 1 aromatic carbocycles. The number of amides is 2. The van der Waals surface area contributed by atoms with Crippen LogP contribution in [0.5, 0.6) is 0 Å². The molecule has 5 nitrogen and oxygen atoms in total. The van der Waals surface area contributed by atoms with Gasteiger partial charge in [-0.15, -0.1) is 0 Å². The van der Waals surface area contributed by atoms with E-state index in [2.05, 4.69) is 31.3 Å². The molecule has 3 rings (SSSR count). The maximum Gasteiger partial charge on any atom is 0.321 e. The van der Waals surface area contributed by atoms with Crippen LogP contribution in [0.3, 0.4) is 0 Å². The van der Waals surface area contributed by atoms with Crippen LogP contribution < -0.4 is 5.32 Å². The van der Waals surface area contributed by atoms with Crippen molar-refractivity contribution in [2.24, 2.45) is 5.92 Å². The van der Waals surface area contributed by atoms with Crippen molar-refractivity contribution in [3.05, 3.63) is 29.8 Å². The summed E-state index contributed by atoms with van der Waals surface area (Å²) in [6.45, 7) is 7.22. The number of nitrogens with one attached hydrogen (secondary N) is 1. The number of anilines is 1. The lowest BCUT2D eigenvalue weighted by atomic mass is 9.96. The van der Waals surface area contributed by atoms with Gasteiger partial charge in [0.05, 0.1) is 13.2 Å². The zero-order valence-electron chi connectivity index (χ0n) is 14.0. The maximum absolute atomic E-state index is 12.4. The molecule has 0 aliphatic carbocycles. The zero-order chi connectivity index (χ0) is 16.2. The number of likely N-dealkylation sites (tertiary alicyclic amines) is 1. The number of hydrogen-bond donors (Lipinski definition) is 1. The van der Waals surface area contributed by atoms with Crippen molar-refractivity contribution >= 4 is 11.7 Å². The van der Waals surface area contributed by atoms with Gasteiger partial charge < -0.3 is 19.7 Å². The highest BCUT2D eigenvalue weighted by molar-refractivity contribution is 5.89.